The Kier molecular flexibility index (Phi) is 3.90. The van der Waals surface area contributed by atoms with Gasteiger partial charge in [-0.2, -0.15) is 0 Å². The SMILES string of the molecule is Cn1cccc1C(=O)NNC(=O)C1(c2cccc(F)c2)CCC1. The van der Waals surface area contributed by atoms with Gasteiger partial charge in [-0.3, -0.25) is 20.4 Å². The number of carbonyl (C=O) groups excluding carboxylic acids is 2. The lowest BCUT2D eigenvalue weighted by molar-refractivity contribution is -0.130. The summed E-state index contributed by atoms with van der Waals surface area (Å²) in [4.78, 5) is 24.6. The van der Waals surface area contributed by atoms with E-state index in [1.165, 1.54) is 12.1 Å². The van der Waals surface area contributed by atoms with Crippen molar-refractivity contribution in [2.75, 3.05) is 0 Å². The summed E-state index contributed by atoms with van der Waals surface area (Å²) in [6.45, 7) is 0. The highest BCUT2D eigenvalue weighted by Gasteiger charge is 2.46. The normalized spacial score (nSPS) is 15.6. The van der Waals surface area contributed by atoms with E-state index in [-0.39, 0.29) is 17.6 Å². The molecule has 1 aliphatic rings. The molecule has 0 spiro atoms. The van der Waals surface area contributed by atoms with Crippen LogP contribution in [0.15, 0.2) is 42.6 Å². The van der Waals surface area contributed by atoms with E-state index in [0.717, 1.165) is 6.42 Å². The summed E-state index contributed by atoms with van der Waals surface area (Å²) in [6, 6.07) is 9.49. The van der Waals surface area contributed by atoms with Crippen molar-refractivity contribution in [1.29, 1.82) is 0 Å². The van der Waals surface area contributed by atoms with Gasteiger partial charge in [-0.25, -0.2) is 4.39 Å². The molecule has 2 aromatic rings. The summed E-state index contributed by atoms with van der Waals surface area (Å²) in [5.74, 6) is -1.06. The van der Waals surface area contributed by atoms with E-state index >= 15 is 0 Å². The molecule has 3 rings (SSSR count). The molecule has 2 amide bonds. The van der Waals surface area contributed by atoms with Crippen LogP contribution in [0, 0.1) is 5.82 Å². The van der Waals surface area contributed by atoms with Crippen LogP contribution in [0.2, 0.25) is 0 Å². The molecular formula is C17H18FN3O2. The molecule has 0 unspecified atom stereocenters. The van der Waals surface area contributed by atoms with Crippen LogP contribution in [0.3, 0.4) is 0 Å². The number of aryl methyl sites for hydroxylation is 1. The first-order chi connectivity index (χ1) is 11.0. The molecule has 1 fully saturated rings. The van der Waals surface area contributed by atoms with Gasteiger partial charge in [-0.15, -0.1) is 0 Å². The van der Waals surface area contributed by atoms with Crippen LogP contribution in [0.25, 0.3) is 0 Å². The molecule has 1 heterocycles. The van der Waals surface area contributed by atoms with E-state index in [0.29, 0.717) is 24.1 Å². The van der Waals surface area contributed by atoms with Crippen molar-refractivity contribution in [3.8, 4) is 0 Å². The van der Waals surface area contributed by atoms with E-state index in [1.54, 1.807) is 42.1 Å². The molecule has 5 nitrogen and oxygen atoms in total. The predicted molar refractivity (Wildman–Crippen MR) is 83.0 cm³/mol. The minimum Gasteiger partial charge on any atom is -0.347 e. The van der Waals surface area contributed by atoms with Gasteiger partial charge in [0.2, 0.25) is 5.91 Å². The fourth-order valence-corrected chi connectivity index (χ4v) is 2.96. The van der Waals surface area contributed by atoms with E-state index in [2.05, 4.69) is 10.9 Å². The highest BCUT2D eigenvalue weighted by atomic mass is 19.1. The maximum Gasteiger partial charge on any atom is 0.286 e. The van der Waals surface area contributed by atoms with Gasteiger partial charge in [0.15, 0.2) is 0 Å². The molecule has 0 radical (unpaired) electrons. The van der Waals surface area contributed by atoms with Crippen molar-refractivity contribution in [1.82, 2.24) is 15.4 Å². The Hall–Kier alpha value is -2.63. The molecule has 1 aromatic carbocycles. The van der Waals surface area contributed by atoms with Crippen LogP contribution in [-0.4, -0.2) is 16.4 Å². The highest BCUT2D eigenvalue weighted by molar-refractivity contribution is 5.96. The third-order valence-electron chi connectivity index (χ3n) is 4.48. The van der Waals surface area contributed by atoms with Crippen LogP contribution in [0.4, 0.5) is 4.39 Å². The van der Waals surface area contributed by atoms with Crippen LogP contribution >= 0.6 is 0 Å². The van der Waals surface area contributed by atoms with Gasteiger partial charge in [0.1, 0.15) is 11.5 Å². The maximum atomic E-state index is 13.5. The Morgan fingerprint density at radius 3 is 2.52 bits per heavy atom. The summed E-state index contributed by atoms with van der Waals surface area (Å²) >= 11 is 0. The van der Waals surface area contributed by atoms with Crippen LogP contribution < -0.4 is 10.9 Å². The number of carbonyl (C=O) groups is 2. The first kappa shape index (κ1) is 15.3. The van der Waals surface area contributed by atoms with E-state index in [9.17, 15) is 14.0 Å². The van der Waals surface area contributed by atoms with Crippen LogP contribution in [0.5, 0.6) is 0 Å². The number of rotatable bonds is 3. The van der Waals surface area contributed by atoms with Crippen molar-refractivity contribution >= 4 is 11.8 Å². The molecule has 6 heteroatoms. The smallest absolute Gasteiger partial charge is 0.286 e. The summed E-state index contributed by atoms with van der Waals surface area (Å²) in [7, 11) is 1.75. The average Bonchev–Trinajstić information content (AvgIpc) is 2.90. The van der Waals surface area contributed by atoms with E-state index < -0.39 is 5.41 Å². The lowest BCUT2D eigenvalue weighted by Gasteiger charge is -2.40. The fraction of sp³-hybridized carbons (Fsp3) is 0.294. The van der Waals surface area contributed by atoms with Crippen molar-refractivity contribution in [2.45, 2.75) is 24.7 Å². The van der Waals surface area contributed by atoms with Gasteiger partial charge in [-0.1, -0.05) is 18.6 Å². The van der Waals surface area contributed by atoms with Gasteiger partial charge in [0.05, 0.1) is 5.41 Å². The number of aromatic nitrogens is 1. The Balaban J connectivity index is 1.72. The molecule has 1 aliphatic carbocycles. The molecule has 120 valence electrons. The molecule has 1 saturated carbocycles. The van der Waals surface area contributed by atoms with Crippen molar-refractivity contribution < 1.29 is 14.0 Å². The van der Waals surface area contributed by atoms with Gasteiger partial charge >= 0.3 is 0 Å². The number of amides is 2. The third kappa shape index (κ3) is 2.72. The van der Waals surface area contributed by atoms with Crippen LogP contribution in [0.1, 0.15) is 35.3 Å². The Bertz CT molecular complexity index is 750. The van der Waals surface area contributed by atoms with Gasteiger partial charge in [0.25, 0.3) is 5.91 Å². The number of nitrogens with zero attached hydrogens (tertiary/aromatic N) is 1. The summed E-state index contributed by atoms with van der Waals surface area (Å²) in [6.07, 6.45) is 3.93. The zero-order valence-corrected chi connectivity index (χ0v) is 12.8. The first-order valence-electron chi connectivity index (χ1n) is 7.51. The maximum absolute atomic E-state index is 13.5. The van der Waals surface area contributed by atoms with Crippen molar-refractivity contribution in [3.05, 3.63) is 59.7 Å². The standard InChI is InChI=1S/C17H18FN3O2/c1-21-10-3-7-14(21)15(22)19-20-16(23)17(8-4-9-17)12-5-2-6-13(18)11-12/h2-3,5-7,10-11H,4,8-9H2,1H3,(H,19,22)(H,20,23). The molecular weight excluding hydrogens is 297 g/mol. The number of benzene rings is 1. The first-order valence-corrected chi connectivity index (χ1v) is 7.51. The van der Waals surface area contributed by atoms with Crippen molar-refractivity contribution in [3.63, 3.8) is 0 Å². The average molecular weight is 315 g/mol. The Labute approximate surface area is 133 Å². The number of hydrazine groups is 1. The number of hydrogen-bond donors (Lipinski definition) is 2. The second kappa shape index (κ2) is 5.87. The fourth-order valence-electron chi connectivity index (χ4n) is 2.96. The monoisotopic (exact) mass is 315 g/mol. The molecule has 0 aliphatic heterocycles. The van der Waals surface area contributed by atoms with Gasteiger partial charge in [0, 0.05) is 13.2 Å². The third-order valence-corrected chi connectivity index (χ3v) is 4.48. The minimum absolute atomic E-state index is 0.308. The van der Waals surface area contributed by atoms with Gasteiger partial charge in [-0.05, 0) is 42.7 Å². The number of nitrogens with one attached hydrogen (secondary N) is 2. The lowest BCUT2D eigenvalue weighted by atomic mass is 9.64. The summed E-state index contributed by atoms with van der Waals surface area (Å²) < 4.78 is 15.1. The zero-order valence-electron chi connectivity index (χ0n) is 12.8. The van der Waals surface area contributed by atoms with Crippen molar-refractivity contribution in [2.24, 2.45) is 7.05 Å². The second-order valence-corrected chi connectivity index (χ2v) is 5.86. The minimum atomic E-state index is -0.760. The van der Waals surface area contributed by atoms with Crippen LogP contribution in [-0.2, 0) is 17.3 Å². The summed E-state index contributed by atoms with van der Waals surface area (Å²) in [5, 5.41) is 0. The molecule has 23 heavy (non-hydrogen) atoms. The predicted octanol–water partition coefficient (Wildman–Crippen LogP) is 2.05. The Morgan fingerprint density at radius 1 is 1.17 bits per heavy atom. The number of halogens is 1. The molecule has 0 saturated heterocycles. The second-order valence-electron chi connectivity index (χ2n) is 5.86. The van der Waals surface area contributed by atoms with E-state index in [4.69, 9.17) is 0 Å². The molecule has 2 N–H and O–H groups in total. The lowest BCUT2D eigenvalue weighted by Crippen LogP contribution is -2.54. The molecule has 0 bridgehead atoms. The molecule has 1 aromatic heterocycles. The zero-order chi connectivity index (χ0) is 16.4. The molecule has 0 atom stereocenters. The topological polar surface area (TPSA) is 63.1 Å². The highest BCUT2D eigenvalue weighted by Crippen LogP contribution is 2.43. The largest absolute Gasteiger partial charge is 0.347 e. The summed E-state index contributed by atoms with van der Waals surface area (Å²) in [5.41, 5.74) is 5.25. The number of hydrogen-bond acceptors (Lipinski definition) is 2. The quantitative estimate of drug-likeness (QED) is 0.852. The Morgan fingerprint density at radius 2 is 1.96 bits per heavy atom. The van der Waals surface area contributed by atoms with Gasteiger partial charge < -0.3 is 4.57 Å². The van der Waals surface area contributed by atoms with E-state index in [1.807, 2.05) is 0 Å².